The lowest BCUT2D eigenvalue weighted by Gasteiger charge is -2.21. The second-order valence-electron chi connectivity index (χ2n) is 4.95. The fourth-order valence-corrected chi connectivity index (χ4v) is 2.33. The Labute approximate surface area is 113 Å². The number of nitrogens with zero attached hydrogens (tertiary/aromatic N) is 3. The summed E-state index contributed by atoms with van der Waals surface area (Å²) in [4.78, 5) is 8.10. The summed E-state index contributed by atoms with van der Waals surface area (Å²) in [5.41, 5.74) is 0. The minimum Gasteiger partial charge on any atom is -0.477 e. The Kier molecular flexibility index (Phi) is 5.10. The molecule has 5 nitrogen and oxygen atoms in total. The molecule has 0 aromatic carbocycles. The molecule has 1 aromatic rings. The molecule has 1 aliphatic carbocycles. The van der Waals surface area contributed by atoms with Gasteiger partial charge in [0.15, 0.2) is 5.82 Å². The van der Waals surface area contributed by atoms with E-state index in [-0.39, 0.29) is 12.2 Å². The van der Waals surface area contributed by atoms with Crippen LogP contribution in [0.2, 0.25) is 0 Å². The Balaban J connectivity index is 1.89. The first kappa shape index (κ1) is 13.8. The molecule has 0 aliphatic heterocycles. The van der Waals surface area contributed by atoms with Crippen LogP contribution >= 0.6 is 0 Å². The van der Waals surface area contributed by atoms with Gasteiger partial charge in [0.05, 0.1) is 19.1 Å². The lowest BCUT2D eigenvalue weighted by Crippen LogP contribution is -2.16. The predicted octanol–water partition coefficient (Wildman–Crippen LogP) is 2.38. The number of rotatable bonds is 5. The lowest BCUT2D eigenvalue weighted by atomic mass is 9.90. The fraction of sp³-hybridized carbons (Fsp3) is 0.643. The van der Waals surface area contributed by atoms with Gasteiger partial charge in [-0.15, -0.1) is 0 Å². The van der Waals surface area contributed by atoms with Crippen LogP contribution < -0.4 is 4.74 Å². The monoisotopic (exact) mass is 261 g/mol. The van der Waals surface area contributed by atoms with E-state index in [9.17, 15) is 5.11 Å². The van der Waals surface area contributed by atoms with E-state index in [4.69, 9.17) is 10.00 Å². The van der Waals surface area contributed by atoms with Crippen LogP contribution in [0.25, 0.3) is 0 Å². The molecule has 1 heterocycles. The number of ether oxygens (including phenoxy) is 1. The maximum absolute atomic E-state index is 9.66. The quantitative estimate of drug-likeness (QED) is 0.880. The molecule has 1 saturated carbocycles. The summed E-state index contributed by atoms with van der Waals surface area (Å²) in [6, 6.07) is 3.58. The SMILES string of the molecule is N#CC[C@@H](O)c1nccc(OCC2CCCCC2)n1. The van der Waals surface area contributed by atoms with Crippen molar-refractivity contribution in [2.45, 2.75) is 44.6 Å². The van der Waals surface area contributed by atoms with Gasteiger partial charge in [-0.3, -0.25) is 0 Å². The third kappa shape index (κ3) is 4.18. The van der Waals surface area contributed by atoms with Gasteiger partial charge in [-0.05, 0) is 18.8 Å². The zero-order chi connectivity index (χ0) is 13.5. The summed E-state index contributed by atoms with van der Waals surface area (Å²) in [5, 5.41) is 18.2. The van der Waals surface area contributed by atoms with Crippen LogP contribution in [0.5, 0.6) is 5.88 Å². The van der Waals surface area contributed by atoms with E-state index in [1.807, 2.05) is 6.07 Å². The summed E-state index contributed by atoms with van der Waals surface area (Å²) in [7, 11) is 0. The van der Waals surface area contributed by atoms with Crippen LogP contribution in [0.1, 0.15) is 50.5 Å². The summed E-state index contributed by atoms with van der Waals surface area (Å²) < 4.78 is 5.67. The molecule has 1 N–H and O–H groups in total. The van der Waals surface area contributed by atoms with E-state index < -0.39 is 6.10 Å². The maximum Gasteiger partial charge on any atom is 0.216 e. The molecule has 0 radical (unpaired) electrons. The number of hydrogen-bond acceptors (Lipinski definition) is 5. The molecular weight excluding hydrogens is 242 g/mol. The largest absolute Gasteiger partial charge is 0.477 e. The summed E-state index contributed by atoms with van der Waals surface area (Å²) >= 11 is 0. The first-order valence-corrected chi connectivity index (χ1v) is 6.80. The van der Waals surface area contributed by atoms with Crippen molar-refractivity contribution in [1.82, 2.24) is 9.97 Å². The summed E-state index contributed by atoms with van der Waals surface area (Å²) in [6.45, 7) is 0.671. The van der Waals surface area contributed by atoms with Gasteiger partial charge in [-0.1, -0.05) is 19.3 Å². The van der Waals surface area contributed by atoms with Crippen LogP contribution in [-0.4, -0.2) is 21.7 Å². The standard InChI is InChI=1S/C14H19N3O2/c15-8-6-12(18)14-16-9-7-13(17-14)19-10-11-4-2-1-3-5-11/h7,9,11-12,18H,1-6,10H2/t12-/m1/s1. The number of aromatic nitrogens is 2. The molecule has 1 fully saturated rings. The van der Waals surface area contributed by atoms with Crippen LogP contribution in [-0.2, 0) is 0 Å². The zero-order valence-corrected chi connectivity index (χ0v) is 11.0. The van der Waals surface area contributed by atoms with Crippen LogP contribution in [0, 0.1) is 17.2 Å². The molecule has 19 heavy (non-hydrogen) atoms. The number of hydrogen-bond donors (Lipinski definition) is 1. The number of nitriles is 1. The van der Waals surface area contributed by atoms with Crippen molar-refractivity contribution in [3.8, 4) is 11.9 Å². The maximum atomic E-state index is 9.66. The van der Waals surface area contributed by atoms with E-state index in [2.05, 4.69) is 9.97 Å². The Hall–Kier alpha value is -1.67. The molecule has 2 rings (SSSR count). The van der Waals surface area contributed by atoms with E-state index in [1.165, 1.54) is 32.1 Å². The zero-order valence-electron chi connectivity index (χ0n) is 11.0. The molecule has 0 spiro atoms. The average molecular weight is 261 g/mol. The lowest BCUT2D eigenvalue weighted by molar-refractivity contribution is 0.167. The Morgan fingerprint density at radius 1 is 1.42 bits per heavy atom. The predicted molar refractivity (Wildman–Crippen MR) is 69.3 cm³/mol. The van der Waals surface area contributed by atoms with Gasteiger partial charge in [-0.25, -0.2) is 4.98 Å². The normalized spacial score (nSPS) is 17.7. The average Bonchev–Trinajstić information content (AvgIpc) is 2.47. The minimum absolute atomic E-state index is 0.00786. The van der Waals surface area contributed by atoms with E-state index in [0.717, 1.165) is 0 Å². The Morgan fingerprint density at radius 3 is 2.95 bits per heavy atom. The van der Waals surface area contributed by atoms with Gasteiger partial charge in [-0.2, -0.15) is 10.2 Å². The second-order valence-corrected chi connectivity index (χ2v) is 4.95. The molecule has 0 saturated heterocycles. The third-order valence-electron chi connectivity index (χ3n) is 3.42. The Morgan fingerprint density at radius 2 is 2.21 bits per heavy atom. The van der Waals surface area contributed by atoms with Crippen LogP contribution in [0.15, 0.2) is 12.3 Å². The van der Waals surface area contributed by atoms with Gasteiger partial charge < -0.3 is 9.84 Å². The smallest absolute Gasteiger partial charge is 0.216 e. The molecule has 0 unspecified atom stereocenters. The van der Waals surface area contributed by atoms with Crippen molar-refractivity contribution < 1.29 is 9.84 Å². The van der Waals surface area contributed by atoms with Crippen LogP contribution in [0.4, 0.5) is 0 Å². The van der Waals surface area contributed by atoms with Gasteiger partial charge >= 0.3 is 0 Å². The first-order chi connectivity index (χ1) is 9.29. The van der Waals surface area contributed by atoms with E-state index in [0.29, 0.717) is 18.4 Å². The van der Waals surface area contributed by atoms with Gasteiger partial charge in [0.25, 0.3) is 0 Å². The number of aliphatic hydroxyl groups excluding tert-OH is 1. The van der Waals surface area contributed by atoms with Crippen molar-refractivity contribution in [2.24, 2.45) is 5.92 Å². The fourth-order valence-electron chi connectivity index (χ4n) is 2.33. The molecule has 1 aromatic heterocycles. The first-order valence-electron chi connectivity index (χ1n) is 6.80. The van der Waals surface area contributed by atoms with Gasteiger partial charge in [0.1, 0.15) is 6.10 Å². The highest BCUT2D eigenvalue weighted by Crippen LogP contribution is 2.24. The molecule has 102 valence electrons. The highest BCUT2D eigenvalue weighted by molar-refractivity contribution is 5.10. The van der Waals surface area contributed by atoms with Gasteiger partial charge in [0.2, 0.25) is 5.88 Å². The Bertz CT molecular complexity index is 439. The minimum atomic E-state index is -0.941. The van der Waals surface area contributed by atoms with E-state index >= 15 is 0 Å². The third-order valence-corrected chi connectivity index (χ3v) is 3.42. The number of aliphatic hydroxyl groups is 1. The molecule has 1 aliphatic rings. The van der Waals surface area contributed by atoms with Crippen molar-refractivity contribution in [3.05, 3.63) is 18.1 Å². The molecule has 1 atom stereocenters. The van der Waals surface area contributed by atoms with Crippen molar-refractivity contribution >= 4 is 0 Å². The highest BCUT2D eigenvalue weighted by atomic mass is 16.5. The summed E-state index contributed by atoms with van der Waals surface area (Å²) in [5.74, 6) is 1.34. The van der Waals surface area contributed by atoms with Crippen LogP contribution in [0.3, 0.4) is 0 Å². The summed E-state index contributed by atoms with van der Waals surface area (Å²) in [6.07, 6.45) is 6.93. The topological polar surface area (TPSA) is 79.0 Å². The van der Waals surface area contributed by atoms with E-state index in [1.54, 1.807) is 12.3 Å². The molecule has 0 amide bonds. The molecule has 0 bridgehead atoms. The van der Waals surface area contributed by atoms with Gasteiger partial charge in [0, 0.05) is 12.3 Å². The van der Waals surface area contributed by atoms with Crippen molar-refractivity contribution in [3.63, 3.8) is 0 Å². The molecular formula is C14H19N3O2. The van der Waals surface area contributed by atoms with Crippen molar-refractivity contribution in [1.29, 1.82) is 5.26 Å². The second kappa shape index (κ2) is 7.05. The molecule has 5 heteroatoms. The van der Waals surface area contributed by atoms with Crippen molar-refractivity contribution in [2.75, 3.05) is 6.61 Å². The highest BCUT2D eigenvalue weighted by Gasteiger charge is 2.15.